The Kier molecular flexibility index (Phi) is 6.06. The number of amides is 1. The van der Waals surface area contributed by atoms with Crippen LogP contribution in [0.3, 0.4) is 0 Å². The van der Waals surface area contributed by atoms with E-state index in [2.05, 4.69) is 22.2 Å². The average molecular weight is 474 g/mol. The molecule has 8 nitrogen and oxygen atoms in total. The highest BCUT2D eigenvalue weighted by Crippen LogP contribution is 2.68. The van der Waals surface area contributed by atoms with Crippen molar-refractivity contribution < 1.29 is 18.7 Å². The molecule has 2 fully saturated rings. The van der Waals surface area contributed by atoms with E-state index in [1.807, 2.05) is 19.9 Å². The number of ether oxygens (including phenoxy) is 2. The smallest absolute Gasteiger partial charge is 0.410 e. The first-order valence-electron chi connectivity index (χ1n) is 10.7. The van der Waals surface area contributed by atoms with Crippen LogP contribution in [0.1, 0.15) is 39.2 Å². The van der Waals surface area contributed by atoms with Crippen LogP contribution in [0.4, 0.5) is 20.7 Å². The molecule has 174 valence electrons. The maximum Gasteiger partial charge on any atom is 0.410 e. The highest BCUT2D eigenvalue weighted by molar-refractivity contribution is 6.33. The molecule has 0 bridgehead atoms. The minimum absolute atomic E-state index is 0.0751. The Morgan fingerprint density at radius 2 is 2.21 bits per heavy atom. The fourth-order valence-electron chi connectivity index (χ4n) is 4.46. The molecule has 1 aliphatic heterocycles. The van der Waals surface area contributed by atoms with E-state index < -0.39 is 5.82 Å². The lowest BCUT2D eigenvalue weighted by Gasteiger charge is -2.35. The van der Waals surface area contributed by atoms with Gasteiger partial charge in [0, 0.05) is 18.5 Å². The number of hydrogen-bond donors (Lipinski definition) is 1. The second kappa shape index (κ2) is 8.67. The van der Waals surface area contributed by atoms with Crippen LogP contribution in [0.25, 0.3) is 0 Å². The third-order valence-corrected chi connectivity index (χ3v) is 6.79. The summed E-state index contributed by atoms with van der Waals surface area (Å²) in [6.07, 6.45) is 2.38. The number of nitrogens with one attached hydrogen (secondary N) is 1. The quantitative estimate of drug-likeness (QED) is 0.636. The fourth-order valence-corrected chi connectivity index (χ4v) is 4.68. The standard InChI is InChI=1S/C23H25ClFN5O3/c1-14(2)33-21(31)30-7-6-23(10-22(23,3)11-30)12-32-20-18(25)19(27-13-28-20)29-17-5-4-15(9-26)8-16(17)24/h4-5,8,13-14H,6-7,10-12H2,1-3H3,(H,27,28,29). The van der Waals surface area contributed by atoms with Gasteiger partial charge in [0.15, 0.2) is 5.82 Å². The van der Waals surface area contributed by atoms with E-state index in [1.165, 1.54) is 12.4 Å². The van der Waals surface area contributed by atoms with Crippen molar-refractivity contribution in [2.75, 3.05) is 25.0 Å². The minimum Gasteiger partial charge on any atom is -0.475 e. The SMILES string of the molecule is CC(C)OC(=O)N1CCC2(COc3ncnc(Nc4ccc(C#N)cc4Cl)c3F)CC2(C)C1. The summed E-state index contributed by atoms with van der Waals surface area (Å²) < 4.78 is 26.2. The van der Waals surface area contributed by atoms with Crippen LogP contribution in [-0.4, -0.2) is 46.8 Å². The van der Waals surface area contributed by atoms with E-state index in [-0.39, 0.29) is 39.7 Å². The molecule has 2 aromatic rings. The van der Waals surface area contributed by atoms with Crippen molar-refractivity contribution in [2.45, 2.75) is 39.7 Å². The lowest BCUT2D eigenvalue weighted by Crippen LogP contribution is -2.45. The molecule has 1 saturated heterocycles. The molecular formula is C23H25ClFN5O3. The molecule has 33 heavy (non-hydrogen) atoms. The number of nitriles is 1. The summed E-state index contributed by atoms with van der Waals surface area (Å²) in [5.74, 6) is -0.953. The van der Waals surface area contributed by atoms with Gasteiger partial charge in [0.2, 0.25) is 5.82 Å². The van der Waals surface area contributed by atoms with Gasteiger partial charge in [-0.3, -0.25) is 0 Å². The molecule has 2 heterocycles. The second-order valence-corrected chi connectivity index (χ2v) is 9.59. The number of rotatable bonds is 6. The monoisotopic (exact) mass is 473 g/mol. The Labute approximate surface area is 196 Å². The molecule has 10 heteroatoms. The number of carbonyl (C=O) groups is 1. The maximum absolute atomic E-state index is 15.0. The van der Waals surface area contributed by atoms with Crippen molar-refractivity contribution in [3.05, 3.63) is 40.9 Å². The van der Waals surface area contributed by atoms with E-state index in [9.17, 15) is 4.79 Å². The molecule has 2 atom stereocenters. The third-order valence-electron chi connectivity index (χ3n) is 6.47. The molecule has 2 aliphatic rings. The van der Waals surface area contributed by atoms with E-state index in [4.69, 9.17) is 26.3 Å². The Morgan fingerprint density at radius 3 is 2.88 bits per heavy atom. The van der Waals surface area contributed by atoms with Crippen LogP contribution in [0.2, 0.25) is 5.02 Å². The summed E-state index contributed by atoms with van der Waals surface area (Å²) in [5, 5.41) is 12.1. The number of anilines is 2. The Bertz CT molecular complexity index is 1120. The zero-order valence-electron chi connectivity index (χ0n) is 18.7. The Balaban J connectivity index is 1.41. The summed E-state index contributed by atoms with van der Waals surface area (Å²) >= 11 is 6.17. The zero-order chi connectivity index (χ0) is 23.8. The van der Waals surface area contributed by atoms with E-state index in [0.717, 1.165) is 12.8 Å². The summed E-state index contributed by atoms with van der Waals surface area (Å²) in [7, 11) is 0. The number of piperidine rings is 1. The molecule has 4 rings (SSSR count). The van der Waals surface area contributed by atoms with Gasteiger partial charge < -0.3 is 19.7 Å². The van der Waals surface area contributed by atoms with Crippen LogP contribution < -0.4 is 10.1 Å². The van der Waals surface area contributed by atoms with Gasteiger partial charge in [-0.25, -0.2) is 9.78 Å². The summed E-state index contributed by atoms with van der Waals surface area (Å²) in [5.41, 5.74) is 0.562. The number of likely N-dealkylation sites (tertiary alicyclic amines) is 1. The van der Waals surface area contributed by atoms with Crippen LogP contribution >= 0.6 is 11.6 Å². The summed E-state index contributed by atoms with van der Waals surface area (Å²) in [4.78, 5) is 21.9. The fraction of sp³-hybridized carbons (Fsp3) is 0.478. The molecule has 0 radical (unpaired) electrons. The molecule has 1 N–H and O–H groups in total. The van der Waals surface area contributed by atoms with Crippen molar-refractivity contribution in [1.82, 2.24) is 14.9 Å². The van der Waals surface area contributed by atoms with Crippen molar-refractivity contribution >= 4 is 29.2 Å². The third kappa shape index (κ3) is 4.53. The lowest BCUT2D eigenvalue weighted by atomic mass is 9.88. The highest BCUT2D eigenvalue weighted by Gasteiger charge is 2.67. The van der Waals surface area contributed by atoms with E-state index >= 15 is 4.39 Å². The van der Waals surface area contributed by atoms with Gasteiger partial charge in [0.05, 0.1) is 35.1 Å². The minimum atomic E-state index is -0.727. The Morgan fingerprint density at radius 1 is 1.42 bits per heavy atom. The van der Waals surface area contributed by atoms with Gasteiger partial charge in [0.25, 0.3) is 5.88 Å². The summed E-state index contributed by atoms with van der Waals surface area (Å²) in [6, 6.07) is 6.63. The molecule has 1 aliphatic carbocycles. The topological polar surface area (TPSA) is 100 Å². The van der Waals surface area contributed by atoms with Gasteiger partial charge in [-0.05, 0) is 50.3 Å². The van der Waals surface area contributed by atoms with Crippen molar-refractivity contribution in [2.24, 2.45) is 10.8 Å². The van der Waals surface area contributed by atoms with E-state index in [1.54, 1.807) is 17.0 Å². The van der Waals surface area contributed by atoms with Crippen LogP contribution in [-0.2, 0) is 4.74 Å². The van der Waals surface area contributed by atoms with E-state index in [0.29, 0.717) is 30.9 Å². The number of fused-ring (bicyclic) bond motifs is 1. The lowest BCUT2D eigenvalue weighted by molar-refractivity contribution is 0.0443. The second-order valence-electron chi connectivity index (χ2n) is 9.18. The molecule has 1 aromatic heterocycles. The van der Waals surface area contributed by atoms with Gasteiger partial charge >= 0.3 is 6.09 Å². The number of carbonyl (C=O) groups excluding carboxylic acids is 1. The van der Waals surface area contributed by atoms with Gasteiger partial charge in [0.1, 0.15) is 6.33 Å². The van der Waals surface area contributed by atoms with Gasteiger partial charge in [-0.15, -0.1) is 0 Å². The number of halogens is 2. The molecule has 2 unspecified atom stereocenters. The molecule has 1 amide bonds. The molecule has 0 spiro atoms. The maximum atomic E-state index is 15.0. The van der Waals surface area contributed by atoms with Crippen molar-refractivity contribution in [1.29, 1.82) is 5.26 Å². The number of benzene rings is 1. The number of nitrogens with zero attached hydrogens (tertiary/aromatic N) is 4. The zero-order valence-corrected chi connectivity index (χ0v) is 19.4. The van der Waals surface area contributed by atoms with Crippen molar-refractivity contribution in [3.63, 3.8) is 0 Å². The predicted molar refractivity (Wildman–Crippen MR) is 120 cm³/mol. The summed E-state index contributed by atoms with van der Waals surface area (Å²) in [6.45, 7) is 7.21. The van der Waals surface area contributed by atoms with Crippen LogP contribution in [0, 0.1) is 28.0 Å². The first kappa shape index (κ1) is 23.1. The Hall–Kier alpha value is -3.12. The van der Waals surface area contributed by atoms with Crippen molar-refractivity contribution in [3.8, 4) is 11.9 Å². The number of aromatic nitrogens is 2. The molecular weight excluding hydrogens is 449 g/mol. The largest absolute Gasteiger partial charge is 0.475 e. The molecule has 1 saturated carbocycles. The molecule has 1 aromatic carbocycles. The predicted octanol–water partition coefficient (Wildman–Crippen LogP) is 4.91. The normalized spacial score (nSPS) is 23.5. The first-order valence-corrected chi connectivity index (χ1v) is 11.1. The number of hydrogen-bond acceptors (Lipinski definition) is 7. The van der Waals surface area contributed by atoms with Crippen LogP contribution in [0.15, 0.2) is 24.5 Å². The average Bonchev–Trinajstić information content (AvgIpc) is 3.39. The van der Waals surface area contributed by atoms with Crippen LogP contribution in [0.5, 0.6) is 5.88 Å². The first-order chi connectivity index (χ1) is 15.7. The van der Waals surface area contributed by atoms with Gasteiger partial charge in [-0.1, -0.05) is 18.5 Å². The highest BCUT2D eigenvalue weighted by atomic mass is 35.5. The van der Waals surface area contributed by atoms with Gasteiger partial charge in [-0.2, -0.15) is 14.6 Å².